The van der Waals surface area contributed by atoms with E-state index < -0.39 is 23.3 Å². The van der Waals surface area contributed by atoms with Gasteiger partial charge in [0.05, 0.1) is 6.54 Å². The Bertz CT molecular complexity index is 1340. The van der Waals surface area contributed by atoms with Crippen molar-refractivity contribution in [1.29, 1.82) is 0 Å². The van der Waals surface area contributed by atoms with Gasteiger partial charge in [0.25, 0.3) is 5.56 Å². The van der Waals surface area contributed by atoms with Crippen LogP contribution in [0.3, 0.4) is 0 Å². The quantitative estimate of drug-likeness (QED) is 0.418. The number of benzene rings is 2. The number of carboxylic acid groups (broad SMARTS) is 1. The molecule has 2 aromatic heterocycles. The molecule has 4 aromatic rings. The highest BCUT2D eigenvalue weighted by molar-refractivity contribution is 5.79. The summed E-state index contributed by atoms with van der Waals surface area (Å²) in [6.07, 6.45) is 0.222. The Morgan fingerprint density at radius 3 is 2.29 bits per heavy atom. The van der Waals surface area contributed by atoms with Gasteiger partial charge in [-0.2, -0.15) is 4.98 Å². The number of anilines is 1. The molecule has 0 unspecified atom stereocenters. The molecule has 0 radical (unpaired) electrons. The molecule has 158 valence electrons. The summed E-state index contributed by atoms with van der Waals surface area (Å²) in [4.78, 5) is 43.3. The zero-order chi connectivity index (χ0) is 22.0. The number of rotatable bonds is 7. The maximum absolute atomic E-state index is 12.6. The van der Waals surface area contributed by atoms with Crippen molar-refractivity contribution in [3.8, 4) is 0 Å². The lowest BCUT2D eigenvalue weighted by Gasteiger charge is -2.17. The van der Waals surface area contributed by atoms with Gasteiger partial charge in [0.15, 0.2) is 11.2 Å². The summed E-state index contributed by atoms with van der Waals surface area (Å²) in [5, 5.41) is 12.7. The largest absolute Gasteiger partial charge is 0.480 e. The summed E-state index contributed by atoms with van der Waals surface area (Å²) in [6, 6.07) is 17.7. The van der Waals surface area contributed by atoms with Crippen molar-refractivity contribution in [3.05, 3.63) is 92.6 Å². The number of fused-ring (bicyclic) bond motifs is 1. The Labute approximate surface area is 176 Å². The van der Waals surface area contributed by atoms with E-state index in [0.29, 0.717) is 0 Å². The van der Waals surface area contributed by atoms with Crippen molar-refractivity contribution in [2.75, 3.05) is 5.32 Å². The monoisotopic (exact) mass is 419 g/mol. The van der Waals surface area contributed by atoms with Gasteiger partial charge in [-0.25, -0.2) is 9.59 Å². The van der Waals surface area contributed by atoms with E-state index in [1.54, 1.807) is 4.57 Å². The predicted octanol–water partition coefficient (Wildman–Crippen LogP) is 1.58. The molecular formula is C22H21N5O4. The number of hydrogen-bond acceptors (Lipinski definition) is 5. The minimum atomic E-state index is -1.05. The molecule has 2 heterocycles. The van der Waals surface area contributed by atoms with Gasteiger partial charge in [0.2, 0.25) is 5.95 Å². The van der Waals surface area contributed by atoms with E-state index in [2.05, 4.69) is 15.3 Å². The Morgan fingerprint density at radius 1 is 1.06 bits per heavy atom. The van der Waals surface area contributed by atoms with Crippen LogP contribution in [0.2, 0.25) is 0 Å². The summed E-state index contributed by atoms with van der Waals surface area (Å²) in [7, 11) is 1.50. The Morgan fingerprint density at radius 2 is 1.68 bits per heavy atom. The molecule has 0 spiro atoms. The third-order valence-electron chi connectivity index (χ3n) is 5.07. The van der Waals surface area contributed by atoms with Crippen LogP contribution in [0.4, 0.5) is 5.95 Å². The first-order chi connectivity index (χ1) is 14.9. The number of aromatic nitrogens is 4. The molecule has 0 fully saturated rings. The molecule has 0 amide bonds. The minimum absolute atomic E-state index is 0.177. The lowest BCUT2D eigenvalue weighted by Crippen LogP contribution is -2.33. The van der Waals surface area contributed by atoms with Crippen LogP contribution in [0.1, 0.15) is 11.1 Å². The summed E-state index contributed by atoms with van der Waals surface area (Å²) < 4.78 is 2.83. The molecule has 9 nitrogen and oxygen atoms in total. The van der Waals surface area contributed by atoms with Crippen LogP contribution in [0.25, 0.3) is 11.2 Å². The molecular weight excluding hydrogens is 398 g/mol. The van der Waals surface area contributed by atoms with E-state index in [1.165, 1.54) is 11.6 Å². The lowest BCUT2D eigenvalue weighted by atomic mass is 10.1. The zero-order valence-electron chi connectivity index (χ0n) is 16.8. The van der Waals surface area contributed by atoms with Crippen molar-refractivity contribution in [2.24, 2.45) is 7.05 Å². The van der Waals surface area contributed by atoms with Crippen LogP contribution in [0, 0.1) is 0 Å². The van der Waals surface area contributed by atoms with E-state index in [0.717, 1.165) is 11.1 Å². The van der Waals surface area contributed by atoms with Gasteiger partial charge in [-0.15, -0.1) is 0 Å². The van der Waals surface area contributed by atoms with Crippen molar-refractivity contribution in [1.82, 2.24) is 19.1 Å². The number of aromatic amines is 1. The smallest absolute Gasteiger partial charge is 0.329 e. The summed E-state index contributed by atoms with van der Waals surface area (Å²) in [6.45, 7) is 0.276. The van der Waals surface area contributed by atoms with E-state index in [-0.39, 0.29) is 30.1 Å². The first-order valence-electron chi connectivity index (χ1n) is 9.71. The van der Waals surface area contributed by atoms with Crippen molar-refractivity contribution >= 4 is 23.1 Å². The maximum Gasteiger partial charge on any atom is 0.329 e. The maximum atomic E-state index is 12.6. The van der Waals surface area contributed by atoms with Crippen LogP contribution < -0.4 is 16.6 Å². The Hall–Kier alpha value is -4.14. The van der Waals surface area contributed by atoms with Gasteiger partial charge in [-0.1, -0.05) is 60.7 Å². The van der Waals surface area contributed by atoms with Crippen molar-refractivity contribution < 1.29 is 9.90 Å². The van der Waals surface area contributed by atoms with E-state index in [1.807, 2.05) is 60.7 Å². The standard InChI is InChI=1S/C22H21N5O4/c1-26-18-17(19(28)25-22(26)31)27(13-15-10-6-3-7-11-15)21(24-18)23-16(20(29)30)12-14-8-4-2-5-9-14/h2-11,16H,12-13H2,1H3,(H,23,24)(H,29,30)(H,25,28,31)/t16-/m0/s1. The van der Waals surface area contributed by atoms with Gasteiger partial charge >= 0.3 is 11.7 Å². The van der Waals surface area contributed by atoms with E-state index in [4.69, 9.17) is 0 Å². The average molecular weight is 419 g/mol. The summed E-state index contributed by atoms with van der Waals surface area (Å²) in [5.74, 6) is -0.848. The second-order valence-electron chi connectivity index (χ2n) is 7.22. The molecule has 2 aromatic carbocycles. The third-order valence-corrected chi connectivity index (χ3v) is 5.07. The Kier molecular flexibility index (Phi) is 5.40. The molecule has 1 atom stereocenters. The Balaban J connectivity index is 1.81. The third kappa shape index (κ3) is 4.11. The molecule has 0 saturated carbocycles. The van der Waals surface area contributed by atoms with Gasteiger partial charge < -0.3 is 10.4 Å². The zero-order valence-corrected chi connectivity index (χ0v) is 16.8. The molecule has 0 bridgehead atoms. The summed E-state index contributed by atoms with van der Waals surface area (Å²) >= 11 is 0. The van der Waals surface area contributed by atoms with Crippen LogP contribution in [-0.4, -0.2) is 36.2 Å². The fraction of sp³-hybridized carbons (Fsp3) is 0.182. The number of nitrogens with zero attached hydrogens (tertiary/aromatic N) is 3. The second kappa shape index (κ2) is 8.31. The fourth-order valence-electron chi connectivity index (χ4n) is 3.47. The molecule has 0 aliphatic heterocycles. The first-order valence-corrected chi connectivity index (χ1v) is 9.71. The number of carbonyl (C=O) groups is 1. The molecule has 0 saturated heterocycles. The number of H-pyrrole nitrogens is 1. The van der Waals surface area contributed by atoms with Crippen molar-refractivity contribution in [2.45, 2.75) is 19.0 Å². The molecule has 0 aliphatic rings. The number of imidazole rings is 1. The highest BCUT2D eigenvalue weighted by Crippen LogP contribution is 2.19. The van der Waals surface area contributed by atoms with Gasteiger partial charge in [-0.3, -0.25) is 18.9 Å². The topological polar surface area (TPSA) is 122 Å². The van der Waals surface area contributed by atoms with Gasteiger partial charge in [0, 0.05) is 13.5 Å². The minimum Gasteiger partial charge on any atom is -0.480 e. The van der Waals surface area contributed by atoms with Crippen LogP contribution >= 0.6 is 0 Å². The highest BCUT2D eigenvalue weighted by Gasteiger charge is 2.23. The van der Waals surface area contributed by atoms with E-state index >= 15 is 0 Å². The van der Waals surface area contributed by atoms with Crippen LogP contribution in [0.5, 0.6) is 0 Å². The molecule has 0 aliphatic carbocycles. The highest BCUT2D eigenvalue weighted by atomic mass is 16.4. The normalized spacial score (nSPS) is 12.0. The van der Waals surface area contributed by atoms with Gasteiger partial charge in [-0.05, 0) is 11.1 Å². The fourth-order valence-corrected chi connectivity index (χ4v) is 3.47. The average Bonchev–Trinajstić information content (AvgIpc) is 3.11. The summed E-state index contributed by atoms with van der Waals surface area (Å²) in [5.41, 5.74) is 0.941. The van der Waals surface area contributed by atoms with Crippen LogP contribution in [-0.2, 0) is 24.8 Å². The van der Waals surface area contributed by atoms with Crippen molar-refractivity contribution in [3.63, 3.8) is 0 Å². The first kappa shape index (κ1) is 20.1. The number of nitrogens with one attached hydrogen (secondary N) is 2. The SMILES string of the molecule is Cn1c(=O)[nH]c(=O)c2c1nc(N[C@@H](Cc1ccccc1)C(=O)O)n2Cc1ccccc1. The second-order valence-corrected chi connectivity index (χ2v) is 7.22. The van der Waals surface area contributed by atoms with Crippen LogP contribution in [0.15, 0.2) is 70.3 Å². The predicted molar refractivity (Wildman–Crippen MR) is 116 cm³/mol. The molecule has 31 heavy (non-hydrogen) atoms. The molecule has 3 N–H and O–H groups in total. The molecule has 4 rings (SSSR count). The number of aliphatic carboxylic acids is 1. The number of carboxylic acids is 1. The van der Waals surface area contributed by atoms with E-state index in [9.17, 15) is 19.5 Å². The number of hydrogen-bond donors (Lipinski definition) is 3. The number of aryl methyl sites for hydroxylation is 1. The lowest BCUT2D eigenvalue weighted by molar-refractivity contribution is -0.137. The van der Waals surface area contributed by atoms with Gasteiger partial charge in [0.1, 0.15) is 6.04 Å². The molecule has 9 heteroatoms.